The van der Waals surface area contributed by atoms with Crippen molar-refractivity contribution >= 4 is 6.08 Å². The van der Waals surface area contributed by atoms with Crippen molar-refractivity contribution in [1.82, 2.24) is 0 Å². The normalized spacial score (nSPS) is 14.6. The van der Waals surface area contributed by atoms with E-state index < -0.39 is 23.5 Å². The van der Waals surface area contributed by atoms with Gasteiger partial charge in [0.05, 0.1) is 11.1 Å². The molecule has 0 nitrogen and oxygen atoms in total. The monoisotopic (exact) mass is 412 g/mol. The molecule has 156 valence electrons. The van der Waals surface area contributed by atoms with Gasteiger partial charge in [-0.15, -0.1) is 0 Å². The average molecular weight is 412 g/mol. The van der Waals surface area contributed by atoms with Gasteiger partial charge in [-0.25, -0.2) is 0 Å². The Hall–Kier alpha value is -2.24. The van der Waals surface area contributed by atoms with E-state index in [1.807, 2.05) is 45.9 Å². The van der Waals surface area contributed by atoms with Crippen molar-refractivity contribution in [2.75, 3.05) is 0 Å². The van der Waals surface area contributed by atoms with Crippen LogP contribution in [0.4, 0.5) is 26.3 Å². The van der Waals surface area contributed by atoms with Gasteiger partial charge < -0.3 is 0 Å². The lowest BCUT2D eigenvalue weighted by atomic mass is 9.86. The number of fused-ring (bicyclic) bond motifs is 1. The van der Waals surface area contributed by atoms with Gasteiger partial charge in [-0.1, -0.05) is 51.5 Å². The molecule has 6 heteroatoms. The quantitative estimate of drug-likeness (QED) is 0.447. The van der Waals surface area contributed by atoms with Crippen molar-refractivity contribution in [2.24, 2.45) is 5.92 Å². The lowest BCUT2D eigenvalue weighted by Gasteiger charge is -2.20. The first-order valence-electron chi connectivity index (χ1n) is 9.45. The molecular formula is C23H22F6. The molecule has 0 saturated carbocycles. The summed E-state index contributed by atoms with van der Waals surface area (Å²) in [4.78, 5) is 0. The van der Waals surface area contributed by atoms with Crippen molar-refractivity contribution in [3.05, 3.63) is 63.7 Å². The maximum Gasteiger partial charge on any atom is 0.416 e. The maximum absolute atomic E-state index is 13.4. The smallest absolute Gasteiger partial charge is 0.166 e. The van der Waals surface area contributed by atoms with E-state index in [2.05, 4.69) is 0 Å². The van der Waals surface area contributed by atoms with E-state index in [1.165, 1.54) is 0 Å². The van der Waals surface area contributed by atoms with Gasteiger partial charge in [0.25, 0.3) is 0 Å². The highest BCUT2D eigenvalue weighted by atomic mass is 19.4. The van der Waals surface area contributed by atoms with Crippen molar-refractivity contribution in [2.45, 2.75) is 52.4 Å². The van der Waals surface area contributed by atoms with E-state index in [0.29, 0.717) is 12.0 Å². The highest BCUT2D eigenvalue weighted by Crippen LogP contribution is 2.44. The number of hydrogen-bond donors (Lipinski definition) is 0. The summed E-state index contributed by atoms with van der Waals surface area (Å²) in [6.07, 6.45) is -7.16. The first-order valence-corrected chi connectivity index (χ1v) is 9.45. The fourth-order valence-corrected chi connectivity index (χ4v) is 3.73. The number of allylic oxidation sites excluding steroid dienone is 1. The summed E-state index contributed by atoms with van der Waals surface area (Å²) in [5, 5.41) is 0. The van der Waals surface area contributed by atoms with Crippen LogP contribution in [-0.2, 0) is 18.8 Å². The Bertz CT molecular complexity index is 926. The average Bonchev–Trinajstić information content (AvgIpc) is 3.03. The minimum Gasteiger partial charge on any atom is -0.166 e. The minimum absolute atomic E-state index is 0.0473. The second-order valence-electron chi connectivity index (χ2n) is 8.10. The number of alkyl halides is 6. The zero-order chi connectivity index (χ0) is 21.7. The lowest BCUT2D eigenvalue weighted by Crippen LogP contribution is -2.11. The number of halogens is 6. The molecule has 0 radical (unpaired) electrons. The van der Waals surface area contributed by atoms with Gasteiger partial charge in [-0.05, 0) is 64.3 Å². The Morgan fingerprint density at radius 1 is 0.759 bits per heavy atom. The topological polar surface area (TPSA) is 0 Å². The molecule has 0 N–H and O–H groups in total. The molecule has 0 aliphatic heterocycles. The van der Waals surface area contributed by atoms with Gasteiger partial charge >= 0.3 is 12.4 Å². The summed E-state index contributed by atoms with van der Waals surface area (Å²) in [6.45, 7) is 7.80. The summed E-state index contributed by atoms with van der Waals surface area (Å²) >= 11 is 0. The Morgan fingerprint density at radius 3 is 1.76 bits per heavy atom. The van der Waals surface area contributed by atoms with Gasteiger partial charge in [-0.2, -0.15) is 26.3 Å². The maximum atomic E-state index is 13.4. The van der Waals surface area contributed by atoms with Gasteiger partial charge in [0.15, 0.2) is 0 Å². The predicted molar refractivity (Wildman–Crippen MR) is 102 cm³/mol. The zero-order valence-corrected chi connectivity index (χ0v) is 16.6. The Kier molecular flexibility index (Phi) is 5.35. The summed E-state index contributed by atoms with van der Waals surface area (Å²) in [5.74, 6) is 0.181. The van der Waals surface area contributed by atoms with Crippen LogP contribution in [0.2, 0.25) is 0 Å². The van der Waals surface area contributed by atoms with Crippen LogP contribution in [0.25, 0.3) is 17.2 Å². The molecule has 2 aromatic carbocycles. The molecule has 0 amide bonds. The van der Waals surface area contributed by atoms with E-state index in [0.717, 1.165) is 34.4 Å². The lowest BCUT2D eigenvalue weighted by molar-refractivity contribution is -0.143. The van der Waals surface area contributed by atoms with Crippen molar-refractivity contribution in [1.29, 1.82) is 0 Å². The Labute approximate surface area is 166 Å². The summed E-state index contributed by atoms with van der Waals surface area (Å²) in [7, 11) is 0. The standard InChI is InChI=1S/C23H22F6/c1-12(2)15-7-14-5-6-19(13(3)4)21(20(14)10-15)16-8-17(22(24,25)26)11-18(9-16)23(27,28)29/h5-6,8-13H,7H2,1-4H3. The van der Waals surface area contributed by atoms with Gasteiger partial charge in [0.1, 0.15) is 0 Å². The molecule has 1 aliphatic carbocycles. The number of hydrogen-bond acceptors (Lipinski definition) is 0. The fraction of sp³-hybridized carbons (Fsp3) is 0.391. The Balaban J connectivity index is 2.35. The molecule has 0 spiro atoms. The molecule has 0 saturated heterocycles. The second-order valence-corrected chi connectivity index (χ2v) is 8.10. The molecule has 0 aromatic heterocycles. The molecule has 1 aliphatic rings. The van der Waals surface area contributed by atoms with Crippen molar-refractivity contribution < 1.29 is 26.3 Å². The summed E-state index contributed by atoms with van der Waals surface area (Å²) in [5.41, 5.74) is 1.34. The van der Waals surface area contributed by atoms with E-state index >= 15 is 0 Å². The Morgan fingerprint density at radius 2 is 1.31 bits per heavy atom. The zero-order valence-electron chi connectivity index (χ0n) is 16.6. The van der Waals surface area contributed by atoms with Crippen LogP contribution in [0.5, 0.6) is 0 Å². The molecule has 3 rings (SSSR count). The van der Waals surface area contributed by atoms with E-state index in [-0.39, 0.29) is 23.5 Å². The molecule has 29 heavy (non-hydrogen) atoms. The summed E-state index contributed by atoms with van der Waals surface area (Å²) in [6, 6.07) is 5.59. The van der Waals surface area contributed by atoms with Crippen molar-refractivity contribution in [3.63, 3.8) is 0 Å². The number of rotatable bonds is 3. The van der Waals surface area contributed by atoms with Crippen LogP contribution in [0.15, 0.2) is 35.9 Å². The highest BCUT2D eigenvalue weighted by Gasteiger charge is 2.37. The highest BCUT2D eigenvalue weighted by molar-refractivity contribution is 5.84. The molecule has 0 fully saturated rings. The molecule has 2 aromatic rings. The van der Waals surface area contributed by atoms with Crippen molar-refractivity contribution in [3.8, 4) is 11.1 Å². The largest absolute Gasteiger partial charge is 0.416 e. The van der Waals surface area contributed by atoms with E-state index in [4.69, 9.17) is 0 Å². The first kappa shape index (κ1) is 21.5. The van der Waals surface area contributed by atoms with Crippen LogP contribution >= 0.6 is 0 Å². The van der Waals surface area contributed by atoms with Crippen LogP contribution in [0.1, 0.15) is 61.4 Å². The molecule has 0 bridgehead atoms. The van der Waals surface area contributed by atoms with Gasteiger partial charge in [-0.3, -0.25) is 0 Å². The molecular weight excluding hydrogens is 390 g/mol. The van der Waals surface area contributed by atoms with Crippen LogP contribution in [0.3, 0.4) is 0 Å². The molecule has 0 atom stereocenters. The third-order valence-electron chi connectivity index (χ3n) is 5.33. The predicted octanol–water partition coefficient (Wildman–Crippen LogP) is 8.11. The second kappa shape index (κ2) is 7.22. The third kappa shape index (κ3) is 4.21. The van der Waals surface area contributed by atoms with E-state index in [9.17, 15) is 26.3 Å². The minimum atomic E-state index is -4.87. The fourth-order valence-electron chi connectivity index (χ4n) is 3.73. The van der Waals surface area contributed by atoms with Crippen LogP contribution < -0.4 is 0 Å². The van der Waals surface area contributed by atoms with E-state index in [1.54, 1.807) is 0 Å². The van der Waals surface area contributed by atoms with Gasteiger partial charge in [0, 0.05) is 0 Å². The number of benzene rings is 2. The van der Waals surface area contributed by atoms with Gasteiger partial charge in [0.2, 0.25) is 0 Å². The first-order chi connectivity index (χ1) is 13.3. The third-order valence-corrected chi connectivity index (χ3v) is 5.33. The molecule has 0 unspecified atom stereocenters. The summed E-state index contributed by atoms with van der Waals surface area (Å²) < 4.78 is 80.2. The van der Waals surface area contributed by atoms with Crippen LogP contribution in [0, 0.1) is 5.92 Å². The van der Waals surface area contributed by atoms with Crippen LogP contribution in [-0.4, -0.2) is 0 Å². The molecule has 0 heterocycles. The SMILES string of the molecule is CC(C)C1=Cc2c(ccc(C(C)C)c2-c2cc(C(F)(F)F)cc(C(F)(F)F)c2)C1.